The van der Waals surface area contributed by atoms with Crippen LogP contribution in [0.15, 0.2) is 91.1 Å². The third-order valence-electron chi connectivity index (χ3n) is 6.65. The minimum Gasteiger partial charge on any atom is -0.445 e. The van der Waals surface area contributed by atoms with E-state index in [2.05, 4.69) is 26.3 Å². The zero-order chi connectivity index (χ0) is 30.4. The molecule has 0 spiro atoms. The molecule has 1 heterocycles. The first-order chi connectivity index (χ1) is 20.9. The molecule has 1 aromatic heterocycles. The van der Waals surface area contributed by atoms with Gasteiger partial charge < -0.3 is 31.5 Å². The molecule has 0 saturated heterocycles. The van der Waals surface area contributed by atoms with E-state index in [1.807, 2.05) is 60.7 Å². The van der Waals surface area contributed by atoms with Gasteiger partial charge in [0, 0.05) is 12.2 Å². The number of amides is 4. The molecule has 2 unspecified atom stereocenters. The number of nitrogens with one attached hydrogen (secondary N) is 3. The van der Waals surface area contributed by atoms with Crippen LogP contribution in [-0.2, 0) is 29.2 Å². The highest BCUT2D eigenvalue weighted by Gasteiger charge is 2.25. The molecule has 43 heavy (non-hydrogen) atoms. The highest BCUT2D eigenvalue weighted by atomic mass is 16.5. The standard InChI is InChI=1S/C31H35N7O5/c32-30(41)33-17-7-12-28(29(40)34-25-15-13-23(20-39)14-16-25)38-19-27(36-37-38)26(18-22-8-3-1-4-9-22)35-31(42)43-21-24-10-5-2-6-11-24/h1-6,8-11,13-16,19,26,28,39H,7,12,17-18,20-21H2,(H,34,40)(H,35,42)(H3,32,33,41). The summed E-state index contributed by atoms with van der Waals surface area (Å²) in [6.07, 6.45) is 2.19. The molecule has 4 aromatic rings. The van der Waals surface area contributed by atoms with Gasteiger partial charge in [-0.2, -0.15) is 0 Å². The summed E-state index contributed by atoms with van der Waals surface area (Å²) in [5.74, 6) is -0.345. The summed E-state index contributed by atoms with van der Waals surface area (Å²) in [7, 11) is 0. The van der Waals surface area contributed by atoms with Gasteiger partial charge in [0.15, 0.2) is 0 Å². The van der Waals surface area contributed by atoms with Crippen LogP contribution in [0.1, 0.15) is 47.3 Å². The molecule has 0 aliphatic carbocycles. The largest absolute Gasteiger partial charge is 0.445 e. The number of primary amides is 1. The first-order valence-corrected chi connectivity index (χ1v) is 13.9. The summed E-state index contributed by atoms with van der Waals surface area (Å²) >= 11 is 0. The molecule has 224 valence electrons. The summed E-state index contributed by atoms with van der Waals surface area (Å²) < 4.78 is 6.90. The molecule has 4 amide bonds. The summed E-state index contributed by atoms with van der Waals surface area (Å²) in [6, 6.07) is 23.8. The number of benzene rings is 3. The van der Waals surface area contributed by atoms with Crippen LogP contribution >= 0.6 is 0 Å². The Morgan fingerprint density at radius 2 is 1.58 bits per heavy atom. The lowest BCUT2D eigenvalue weighted by Crippen LogP contribution is -2.32. The number of aromatic nitrogens is 3. The Morgan fingerprint density at radius 1 is 0.907 bits per heavy atom. The number of urea groups is 1. The van der Waals surface area contributed by atoms with Crippen molar-refractivity contribution in [3.05, 3.63) is 114 Å². The van der Waals surface area contributed by atoms with Gasteiger partial charge in [0.05, 0.1) is 18.8 Å². The van der Waals surface area contributed by atoms with Crippen molar-refractivity contribution in [3.8, 4) is 0 Å². The maximum absolute atomic E-state index is 13.4. The van der Waals surface area contributed by atoms with Gasteiger partial charge >= 0.3 is 12.1 Å². The van der Waals surface area contributed by atoms with E-state index in [0.29, 0.717) is 36.2 Å². The predicted octanol–water partition coefficient (Wildman–Crippen LogP) is 3.61. The normalized spacial score (nSPS) is 12.1. The molecule has 3 aromatic carbocycles. The molecule has 0 bridgehead atoms. The second-order valence-electron chi connectivity index (χ2n) is 9.87. The lowest BCUT2D eigenvalue weighted by Gasteiger charge is -2.18. The van der Waals surface area contributed by atoms with Crippen LogP contribution in [-0.4, -0.2) is 44.7 Å². The average Bonchev–Trinajstić information content (AvgIpc) is 3.51. The molecule has 6 N–H and O–H groups in total. The summed E-state index contributed by atoms with van der Waals surface area (Å²) in [5.41, 5.74) is 8.71. The Labute approximate surface area is 249 Å². The monoisotopic (exact) mass is 585 g/mol. The minimum atomic E-state index is -0.782. The number of hydrogen-bond acceptors (Lipinski definition) is 7. The van der Waals surface area contributed by atoms with E-state index < -0.39 is 24.2 Å². The van der Waals surface area contributed by atoms with Crippen molar-refractivity contribution >= 4 is 23.7 Å². The Morgan fingerprint density at radius 3 is 2.23 bits per heavy atom. The molecular weight excluding hydrogens is 550 g/mol. The number of nitrogens with two attached hydrogens (primary N) is 1. The zero-order valence-corrected chi connectivity index (χ0v) is 23.6. The number of nitrogens with zero attached hydrogens (tertiary/aromatic N) is 3. The van der Waals surface area contributed by atoms with Gasteiger partial charge in [0.1, 0.15) is 18.3 Å². The number of aliphatic hydroxyl groups excluding tert-OH is 1. The second-order valence-corrected chi connectivity index (χ2v) is 9.87. The Kier molecular flexibility index (Phi) is 11.2. The third-order valence-corrected chi connectivity index (χ3v) is 6.65. The van der Waals surface area contributed by atoms with Crippen molar-refractivity contribution in [3.63, 3.8) is 0 Å². The van der Waals surface area contributed by atoms with Gasteiger partial charge in [-0.25, -0.2) is 14.3 Å². The number of anilines is 1. The lowest BCUT2D eigenvalue weighted by atomic mass is 10.0. The van der Waals surface area contributed by atoms with Crippen LogP contribution in [0.2, 0.25) is 0 Å². The fourth-order valence-corrected chi connectivity index (χ4v) is 4.40. The zero-order valence-electron chi connectivity index (χ0n) is 23.6. The van der Waals surface area contributed by atoms with E-state index in [1.165, 1.54) is 4.68 Å². The third kappa shape index (κ3) is 9.68. The summed E-state index contributed by atoms with van der Waals surface area (Å²) in [5, 5.41) is 26.2. The maximum atomic E-state index is 13.4. The number of alkyl carbamates (subject to hydrolysis) is 1. The van der Waals surface area contributed by atoms with Gasteiger partial charge in [0.25, 0.3) is 0 Å². The van der Waals surface area contributed by atoms with Gasteiger partial charge in [0.2, 0.25) is 5.91 Å². The SMILES string of the molecule is NC(=O)NCCCC(C(=O)Nc1ccc(CO)cc1)n1cc(C(Cc2ccccc2)NC(=O)OCc2ccccc2)nn1. The van der Waals surface area contributed by atoms with Crippen molar-refractivity contribution in [2.75, 3.05) is 11.9 Å². The molecule has 2 atom stereocenters. The molecule has 12 heteroatoms. The first-order valence-electron chi connectivity index (χ1n) is 13.9. The molecule has 0 saturated carbocycles. The minimum absolute atomic E-state index is 0.108. The molecule has 0 aliphatic heterocycles. The van der Waals surface area contributed by atoms with Gasteiger partial charge in [-0.1, -0.05) is 78.0 Å². The summed E-state index contributed by atoms with van der Waals surface area (Å²) in [6.45, 7) is 0.277. The van der Waals surface area contributed by atoms with Crippen molar-refractivity contribution in [2.24, 2.45) is 5.73 Å². The van der Waals surface area contributed by atoms with Crippen molar-refractivity contribution in [1.82, 2.24) is 25.6 Å². The molecular formula is C31H35N7O5. The molecule has 12 nitrogen and oxygen atoms in total. The van der Waals surface area contributed by atoms with Crippen molar-refractivity contribution in [1.29, 1.82) is 0 Å². The number of carbonyl (C=O) groups is 3. The molecule has 0 radical (unpaired) electrons. The van der Waals surface area contributed by atoms with Crippen LogP contribution < -0.4 is 21.7 Å². The second kappa shape index (κ2) is 15.7. The van der Waals surface area contributed by atoms with Crippen molar-refractivity contribution < 1.29 is 24.2 Å². The number of rotatable bonds is 14. The van der Waals surface area contributed by atoms with Crippen LogP contribution in [0, 0.1) is 0 Å². The van der Waals surface area contributed by atoms with E-state index >= 15 is 0 Å². The molecule has 0 fully saturated rings. The number of hydrogen-bond donors (Lipinski definition) is 5. The van der Waals surface area contributed by atoms with E-state index in [0.717, 1.165) is 11.1 Å². The summed E-state index contributed by atoms with van der Waals surface area (Å²) in [4.78, 5) is 37.3. The number of aliphatic hydroxyl groups is 1. The van der Waals surface area contributed by atoms with E-state index in [-0.39, 0.29) is 25.7 Å². The van der Waals surface area contributed by atoms with Gasteiger partial charge in [-0.05, 0) is 48.1 Å². The van der Waals surface area contributed by atoms with Gasteiger partial charge in [-0.15, -0.1) is 5.10 Å². The van der Waals surface area contributed by atoms with Gasteiger partial charge in [-0.3, -0.25) is 4.79 Å². The fourth-order valence-electron chi connectivity index (χ4n) is 4.40. The van der Waals surface area contributed by atoms with Crippen molar-refractivity contribution in [2.45, 2.75) is 44.6 Å². The lowest BCUT2D eigenvalue weighted by molar-refractivity contribution is -0.119. The Balaban J connectivity index is 1.52. The number of ether oxygens (including phenoxy) is 1. The van der Waals surface area contributed by atoms with E-state index in [4.69, 9.17) is 10.5 Å². The Bertz CT molecular complexity index is 1460. The highest BCUT2D eigenvalue weighted by Crippen LogP contribution is 2.22. The van der Waals surface area contributed by atoms with Crippen LogP contribution in [0.4, 0.5) is 15.3 Å². The highest BCUT2D eigenvalue weighted by molar-refractivity contribution is 5.93. The van der Waals surface area contributed by atoms with Crippen LogP contribution in [0.25, 0.3) is 0 Å². The fraction of sp³-hybridized carbons (Fsp3) is 0.258. The average molecular weight is 586 g/mol. The van der Waals surface area contributed by atoms with E-state index in [9.17, 15) is 19.5 Å². The van der Waals surface area contributed by atoms with Crippen LogP contribution in [0.5, 0.6) is 0 Å². The number of carbonyl (C=O) groups excluding carboxylic acids is 3. The Hall–Kier alpha value is -5.23. The van der Waals surface area contributed by atoms with Crippen LogP contribution in [0.3, 0.4) is 0 Å². The maximum Gasteiger partial charge on any atom is 0.408 e. The molecule has 4 rings (SSSR count). The van der Waals surface area contributed by atoms with E-state index in [1.54, 1.807) is 30.5 Å². The molecule has 0 aliphatic rings. The predicted molar refractivity (Wildman–Crippen MR) is 160 cm³/mol. The quantitative estimate of drug-likeness (QED) is 0.141. The topological polar surface area (TPSA) is 173 Å². The smallest absolute Gasteiger partial charge is 0.408 e. The first kappa shape index (κ1) is 30.7.